The normalized spacial score (nSPS) is 9.88. The molecule has 80 valence electrons. The number of nitrogens with zero attached hydrogens (tertiary/aromatic N) is 2. The molecule has 0 saturated heterocycles. The first kappa shape index (κ1) is 9.68. The molecule has 3 aromatic rings. The summed E-state index contributed by atoms with van der Waals surface area (Å²) in [6.45, 7) is 0. The van der Waals surface area contributed by atoms with Gasteiger partial charge in [0.05, 0.1) is 5.52 Å². The molecule has 0 bridgehead atoms. The third-order valence-electron chi connectivity index (χ3n) is 2.58. The van der Waals surface area contributed by atoms with E-state index >= 15 is 0 Å². The Kier molecular flexibility index (Phi) is 2.36. The number of fused-ring (bicyclic) bond motifs is 1. The van der Waals surface area contributed by atoms with Gasteiger partial charge >= 0.3 is 0 Å². The first-order valence-electron chi connectivity index (χ1n) is 5.42. The highest BCUT2D eigenvalue weighted by atomic mass is 14.9. The minimum atomic E-state index is 0.922. The number of rotatable bonds is 0. The number of para-hydroxylation sites is 1. The van der Waals surface area contributed by atoms with Crippen molar-refractivity contribution < 1.29 is 0 Å². The summed E-state index contributed by atoms with van der Waals surface area (Å²) >= 11 is 0. The second-order valence-electron chi connectivity index (χ2n) is 3.72. The molecule has 2 nitrogen and oxygen atoms in total. The van der Waals surface area contributed by atoms with Gasteiger partial charge in [0.15, 0.2) is 0 Å². The van der Waals surface area contributed by atoms with Crippen molar-refractivity contribution in [3.63, 3.8) is 0 Å². The molecule has 1 aromatic carbocycles. The highest BCUT2D eigenvalue weighted by Crippen LogP contribution is 2.13. The Morgan fingerprint density at radius 2 is 1.94 bits per heavy atom. The zero-order valence-corrected chi connectivity index (χ0v) is 9.17. The molecule has 2 aromatic heterocycles. The molecule has 2 heterocycles. The van der Waals surface area contributed by atoms with E-state index in [1.54, 1.807) is 12.4 Å². The molecule has 0 N–H and O–H groups in total. The van der Waals surface area contributed by atoms with Gasteiger partial charge in [-0.25, -0.2) is 0 Å². The summed E-state index contributed by atoms with van der Waals surface area (Å²) in [6, 6.07) is 17.2. The number of benzene rings is 1. The SMILES string of the molecule is C(#Cn1ccc2ccccc21)c1cccnc1. The Hall–Kier alpha value is -2.53. The average molecular weight is 218 g/mol. The van der Waals surface area contributed by atoms with Crippen LogP contribution in [0, 0.1) is 12.0 Å². The van der Waals surface area contributed by atoms with E-state index in [1.165, 1.54) is 5.39 Å². The fraction of sp³-hybridized carbons (Fsp3) is 0. The van der Waals surface area contributed by atoms with Crippen molar-refractivity contribution in [3.8, 4) is 12.0 Å². The van der Waals surface area contributed by atoms with Crippen LogP contribution in [0.1, 0.15) is 5.56 Å². The molecule has 0 aliphatic heterocycles. The molecule has 3 rings (SSSR count). The summed E-state index contributed by atoms with van der Waals surface area (Å²) in [5.41, 5.74) is 2.05. The van der Waals surface area contributed by atoms with Crippen molar-refractivity contribution in [2.24, 2.45) is 0 Å². The molecule has 0 aliphatic rings. The monoisotopic (exact) mass is 218 g/mol. The highest BCUT2D eigenvalue weighted by Gasteiger charge is 1.95. The largest absolute Gasteiger partial charge is 0.276 e. The Balaban J connectivity index is 2.04. The lowest BCUT2D eigenvalue weighted by Crippen LogP contribution is -1.85. The highest BCUT2D eigenvalue weighted by molar-refractivity contribution is 5.80. The lowest BCUT2D eigenvalue weighted by atomic mass is 10.2. The fourth-order valence-electron chi connectivity index (χ4n) is 1.74. The molecule has 17 heavy (non-hydrogen) atoms. The Morgan fingerprint density at radius 3 is 2.82 bits per heavy atom. The van der Waals surface area contributed by atoms with E-state index in [-0.39, 0.29) is 0 Å². The summed E-state index contributed by atoms with van der Waals surface area (Å²) < 4.78 is 1.93. The Morgan fingerprint density at radius 1 is 1.00 bits per heavy atom. The summed E-state index contributed by atoms with van der Waals surface area (Å²) in [5, 5.41) is 1.20. The van der Waals surface area contributed by atoms with E-state index in [0.717, 1.165) is 11.1 Å². The van der Waals surface area contributed by atoms with Crippen molar-refractivity contribution >= 4 is 10.9 Å². The number of hydrogen-bond donors (Lipinski definition) is 0. The van der Waals surface area contributed by atoms with Gasteiger partial charge in [-0.1, -0.05) is 18.2 Å². The van der Waals surface area contributed by atoms with Crippen LogP contribution in [0.5, 0.6) is 0 Å². The van der Waals surface area contributed by atoms with E-state index in [2.05, 4.69) is 35.1 Å². The van der Waals surface area contributed by atoms with Crippen LogP contribution in [0.15, 0.2) is 61.1 Å². The third-order valence-corrected chi connectivity index (χ3v) is 2.58. The van der Waals surface area contributed by atoms with Gasteiger partial charge in [-0.3, -0.25) is 9.55 Å². The van der Waals surface area contributed by atoms with E-state index in [0.29, 0.717) is 0 Å². The first-order chi connectivity index (χ1) is 8.43. The predicted octanol–water partition coefficient (Wildman–Crippen LogP) is 2.89. The van der Waals surface area contributed by atoms with Crippen LogP contribution in [0.25, 0.3) is 10.9 Å². The smallest absolute Gasteiger partial charge is 0.0611 e. The van der Waals surface area contributed by atoms with Crippen molar-refractivity contribution in [3.05, 3.63) is 66.6 Å². The van der Waals surface area contributed by atoms with E-state index in [4.69, 9.17) is 0 Å². The maximum Gasteiger partial charge on any atom is 0.0611 e. The molecule has 0 saturated carbocycles. The van der Waals surface area contributed by atoms with E-state index in [1.807, 2.05) is 35.0 Å². The number of aromatic nitrogens is 2. The number of hydrogen-bond acceptors (Lipinski definition) is 1. The minimum Gasteiger partial charge on any atom is -0.276 e. The average Bonchev–Trinajstić information content (AvgIpc) is 2.81. The second-order valence-corrected chi connectivity index (χ2v) is 3.72. The fourth-order valence-corrected chi connectivity index (χ4v) is 1.74. The maximum atomic E-state index is 4.04. The van der Waals surface area contributed by atoms with Crippen molar-refractivity contribution in [2.45, 2.75) is 0 Å². The number of pyridine rings is 1. The molecule has 2 heteroatoms. The molecular weight excluding hydrogens is 208 g/mol. The van der Waals surface area contributed by atoms with Gasteiger partial charge in [-0.2, -0.15) is 0 Å². The summed E-state index contributed by atoms with van der Waals surface area (Å²) in [7, 11) is 0. The maximum absolute atomic E-state index is 4.04. The van der Waals surface area contributed by atoms with Gasteiger partial charge in [0, 0.05) is 35.6 Å². The molecule has 0 spiro atoms. The zero-order valence-electron chi connectivity index (χ0n) is 9.17. The van der Waals surface area contributed by atoms with E-state index < -0.39 is 0 Å². The molecule has 0 fully saturated rings. The summed E-state index contributed by atoms with van der Waals surface area (Å²) in [6.07, 6.45) is 5.49. The van der Waals surface area contributed by atoms with Crippen LogP contribution >= 0.6 is 0 Å². The predicted molar refractivity (Wildman–Crippen MR) is 68.5 cm³/mol. The molecule has 0 amide bonds. The second kappa shape index (κ2) is 4.15. The molecule has 0 atom stereocenters. The van der Waals surface area contributed by atoms with E-state index in [9.17, 15) is 0 Å². The van der Waals surface area contributed by atoms with Crippen LogP contribution in [0.3, 0.4) is 0 Å². The molecule has 0 unspecified atom stereocenters. The minimum absolute atomic E-state index is 0.922. The third kappa shape index (κ3) is 1.91. The molecule has 0 aliphatic carbocycles. The quantitative estimate of drug-likeness (QED) is 0.530. The first-order valence-corrected chi connectivity index (χ1v) is 5.42. The topological polar surface area (TPSA) is 17.8 Å². The standard InChI is InChI=1S/C15H10N2/c1-2-6-15-14(5-1)8-11-17(15)10-7-13-4-3-9-16-12-13/h1-6,8-9,11-12H. The Bertz CT molecular complexity index is 700. The van der Waals surface area contributed by atoms with Gasteiger partial charge in [-0.15, -0.1) is 0 Å². The van der Waals surface area contributed by atoms with Gasteiger partial charge in [-0.05, 0) is 30.2 Å². The van der Waals surface area contributed by atoms with Gasteiger partial charge in [0.2, 0.25) is 0 Å². The summed E-state index contributed by atoms with van der Waals surface area (Å²) in [5.74, 6) is 3.09. The molecular formula is C15H10N2. The lowest BCUT2D eigenvalue weighted by Gasteiger charge is -1.93. The Labute approximate surface area is 99.5 Å². The van der Waals surface area contributed by atoms with Crippen molar-refractivity contribution in [1.82, 2.24) is 9.55 Å². The van der Waals surface area contributed by atoms with Crippen molar-refractivity contribution in [1.29, 1.82) is 0 Å². The van der Waals surface area contributed by atoms with Gasteiger partial charge in [0.1, 0.15) is 0 Å². The molecule has 0 radical (unpaired) electrons. The van der Waals surface area contributed by atoms with Crippen LogP contribution in [0.2, 0.25) is 0 Å². The van der Waals surface area contributed by atoms with Crippen LogP contribution in [-0.2, 0) is 0 Å². The van der Waals surface area contributed by atoms with Gasteiger partial charge in [0.25, 0.3) is 0 Å². The lowest BCUT2D eigenvalue weighted by molar-refractivity contribution is 1.20. The zero-order chi connectivity index (χ0) is 11.5. The van der Waals surface area contributed by atoms with Crippen LogP contribution in [0.4, 0.5) is 0 Å². The summed E-state index contributed by atoms with van der Waals surface area (Å²) in [4.78, 5) is 4.04. The van der Waals surface area contributed by atoms with Crippen LogP contribution in [-0.4, -0.2) is 9.55 Å². The van der Waals surface area contributed by atoms with Crippen molar-refractivity contribution in [2.75, 3.05) is 0 Å². The van der Waals surface area contributed by atoms with Gasteiger partial charge < -0.3 is 0 Å². The van der Waals surface area contributed by atoms with Crippen LogP contribution < -0.4 is 0 Å².